The fourth-order valence-corrected chi connectivity index (χ4v) is 1.38. The molecule has 1 N–H and O–H groups in total. The number of carbonyl (C=O) groups is 1. The third kappa shape index (κ3) is 2.23. The van der Waals surface area contributed by atoms with Gasteiger partial charge in [-0.05, 0) is 31.2 Å². The molecule has 16 heavy (non-hydrogen) atoms. The average molecular weight is 213 g/mol. The van der Waals surface area contributed by atoms with Crippen molar-refractivity contribution in [2.24, 2.45) is 0 Å². The Hall–Kier alpha value is -2.23. The summed E-state index contributed by atoms with van der Waals surface area (Å²) in [5.41, 5.74) is 2.29. The first kappa shape index (κ1) is 10.3. The van der Waals surface area contributed by atoms with E-state index in [9.17, 15) is 4.79 Å². The van der Waals surface area contributed by atoms with Gasteiger partial charge in [0.1, 0.15) is 0 Å². The maximum Gasteiger partial charge on any atom is 0.248 e. The highest BCUT2D eigenvalue weighted by Crippen LogP contribution is 2.14. The number of nitrogens with one attached hydrogen (secondary N) is 1. The Morgan fingerprint density at radius 1 is 1.25 bits per heavy atom. The van der Waals surface area contributed by atoms with Crippen molar-refractivity contribution in [2.75, 3.05) is 5.32 Å². The predicted molar refractivity (Wildman–Crippen MR) is 63.0 cm³/mol. The number of hydrogen-bond donors (Lipinski definition) is 1. The van der Waals surface area contributed by atoms with Crippen LogP contribution in [-0.4, -0.2) is 15.9 Å². The van der Waals surface area contributed by atoms with Gasteiger partial charge < -0.3 is 5.32 Å². The minimum absolute atomic E-state index is 0.147. The van der Waals surface area contributed by atoms with E-state index in [4.69, 9.17) is 0 Å². The number of anilines is 1. The van der Waals surface area contributed by atoms with Crippen LogP contribution >= 0.6 is 0 Å². The van der Waals surface area contributed by atoms with Crippen molar-refractivity contribution in [1.29, 1.82) is 0 Å². The molecule has 0 radical (unpaired) electrons. The lowest BCUT2D eigenvalue weighted by atomic mass is 10.2. The van der Waals surface area contributed by atoms with Gasteiger partial charge in [0, 0.05) is 18.1 Å². The number of nitrogens with zero attached hydrogens (tertiary/aromatic N) is 2. The summed E-state index contributed by atoms with van der Waals surface area (Å²) in [5.74, 6) is -0.147. The second-order valence-corrected chi connectivity index (χ2v) is 3.25. The molecule has 2 rings (SSSR count). The molecular weight excluding hydrogens is 202 g/mol. The summed E-state index contributed by atoms with van der Waals surface area (Å²) in [6, 6.07) is 5.43. The largest absolute Gasteiger partial charge is 0.322 e. The van der Waals surface area contributed by atoms with Crippen LogP contribution in [-0.2, 0) is 4.79 Å². The van der Waals surface area contributed by atoms with Crippen LogP contribution in [0.15, 0.2) is 42.7 Å². The van der Waals surface area contributed by atoms with Crippen molar-refractivity contribution in [3.05, 3.63) is 42.7 Å². The zero-order valence-electron chi connectivity index (χ0n) is 8.84. The monoisotopic (exact) mass is 213 g/mol. The third-order valence-corrected chi connectivity index (χ3v) is 2.05. The van der Waals surface area contributed by atoms with E-state index in [2.05, 4.69) is 15.3 Å². The molecule has 0 aliphatic rings. The Balaban J connectivity index is 2.29. The van der Waals surface area contributed by atoms with E-state index in [0.717, 1.165) is 16.7 Å². The number of benzene rings is 1. The lowest BCUT2D eigenvalue weighted by Gasteiger charge is -2.02. The third-order valence-electron chi connectivity index (χ3n) is 2.05. The Labute approximate surface area is 93.0 Å². The minimum atomic E-state index is -0.147. The van der Waals surface area contributed by atoms with Crippen molar-refractivity contribution >= 4 is 22.6 Å². The van der Waals surface area contributed by atoms with Gasteiger partial charge >= 0.3 is 0 Å². The van der Waals surface area contributed by atoms with E-state index in [1.54, 1.807) is 37.5 Å². The molecule has 80 valence electrons. The molecule has 0 unspecified atom stereocenters. The molecule has 1 heterocycles. The standard InChI is InChI=1S/C12H11N3O/c1-2-3-12(16)15-9-4-5-10-11(8-9)14-7-6-13-10/h2-8H,1H3,(H,15,16)/b3-2+. The quantitative estimate of drug-likeness (QED) is 0.777. The summed E-state index contributed by atoms with van der Waals surface area (Å²) in [4.78, 5) is 19.6. The summed E-state index contributed by atoms with van der Waals surface area (Å²) in [6.45, 7) is 1.80. The topological polar surface area (TPSA) is 54.9 Å². The van der Waals surface area contributed by atoms with E-state index in [0.29, 0.717) is 0 Å². The zero-order valence-corrected chi connectivity index (χ0v) is 8.84. The summed E-state index contributed by atoms with van der Waals surface area (Å²) >= 11 is 0. The molecular formula is C12H11N3O. The molecule has 1 aromatic heterocycles. The number of carbonyl (C=O) groups excluding carboxylic acids is 1. The van der Waals surface area contributed by atoms with Crippen molar-refractivity contribution in [3.8, 4) is 0 Å². The number of allylic oxidation sites excluding steroid dienone is 1. The highest BCUT2D eigenvalue weighted by Gasteiger charge is 2.00. The van der Waals surface area contributed by atoms with Crippen molar-refractivity contribution in [3.63, 3.8) is 0 Å². The summed E-state index contributed by atoms with van der Waals surface area (Å²) in [6.07, 6.45) is 6.43. The molecule has 0 saturated heterocycles. The van der Waals surface area contributed by atoms with Gasteiger partial charge in [0.25, 0.3) is 0 Å². The number of aromatic nitrogens is 2. The van der Waals surface area contributed by atoms with Crippen LogP contribution in [0.3, 0.4) is 0 Å². The molecule has 0 saturated carbocycles. The maximum atomic E-state index is 11.3. The summed E-state index contributed by atoms with van der Waals surface area (Å²) in [7, 11) is 0. The smallest absolute Gasteiger partial charge is 0.248 e. The molecule has 1 amide bonds. The summed E-state index contributed by atoms with van der Waals surface area (Å²) in [5, 5.41) is 2.74. The van der Waals surface area contributed by atoms with Gasteiger partial charge in [-0.25, -0.2) is 0 Å². The van der Waals surface area contributed by atoms with Gasteiger partial charge in [-0.15, -0.1) is 0 Å². The molecule has 2 aromatic rings. The van der Waals surface area contributed by atoms with E-state index in [1.165, 1.54) is 6.08 Å². The lowest BCUT2D eigenvalue weighted by molar-refractivity contribution is -0.111. The lowest BCUT2D eigenvalue weighted by Crippen LogP contribution is -2.07. The van der Waals surface area contributed by atoms with Gasteiger partial charge in [0.15, 0.2) is 0 Å². The SMILES string of the molecule is C/C=C/C(=O)Nc1ccc2nccnc2c1. The van der Waals surface area contributed by atoms with Gasteiger partial charge in [0.05, 0.1) is 11.0 Å². The molecule has 4 nitrogen and oxygen atoms in total. The second kappa shape index (κ2) is 4.53. The van der Waals surface area contributed by atoms with Gasteiger partial charge in [-0.3, -0.25) is 14.8 Å². The summed E-state index contributed by atoms with van der Waals surface area (Å²) < 4.78 is 0. The average Bonchev–Trinajstić information content (AvgIpc) is 2.29. The van der Waals surface area contributed by atoms with Gasteiger partial charge in [0.2, 0.25) is 5.91 Å². The van der Waals surface area contributed by atoms with Crippen LogP contribution in [0, 0.1) is 0 Å². The van der Waals surface area contributed by atoms with E-state index in [-0.39, 0.29) is 5.91 Å². The first-order valence-corrected chi connectivity index (χ1v) is 4.94. The van der Waals surface area contributed by atoms with Crippen LogP contribution in [0.2, 0.25) is 0 Å². The normalized spacial score (nSPS) is 10.8. The zero-order chi connectivity index (χ0) is 11.4. The van der Waals surface area contributed by atoms with Crippen molar-refractivity contribution in [1.82, 2.24) is 9.97 Å². The van der Waals surface area contributed by atoms with Crippen LogP contribution in [0.1, 0.15) is 6.92 Å². The van der Waals surface area contributed by atoms with Crippen molar-refractivity contribution < 1.29 is 4.79 Å². The molecule has 0 aliphatic carbocycles. The molecule has 0 atom stereocenters. The fourth-order valence-electron chi connectivity index (χ4n) is 1.38. The van der Waals surface area contributed by atoms with Crippen LogP contribution in [0.5, 0.6) is 0 Å². The second-order valence-electron chi connectivity index (χ2n) is 3.25. The van der Waals surface area contributed by atoms with Gasteiger partial charge in [-0.2, -0.15) is 0 Å². The maximum absolute atomic E-state index is 11.3. The predicted octanol–water partition coefficient (Wildman–Crippen LogP) is 2.14. The molecule has 0 bridgehead atoms. The van der Waals surface area contributed by atoms with Crippen LogP contribution < -0.4 is 5.32 Å². The van der Waals surface area contributed by atoms with Crippen molar-refractivity contribution in [2.45, 2.75) is 6.92 Å². The Bertz CT molecular complexity index is 549. The number of amides is 1. The molecule has 1 aromatic carbocycles. The van der Waals surface area contributed by atoms with Gasteiger partial charge in [-0.1, -0.05) is 6.08 Å². The number of fused-ring (bicyclic) bond motifs is 1. The fraction of sp³-hybridized carbons (Fsp3) is 0.0833. The minimum Gasteiger partial charge on any atom is -0.322 e. The van der Waals surface area contributed by atoms with E-state index in [1.807, 2.05) is 6.07 Å². The number of rotatable bonds is 2. The Kier molecular flexibility index (Phi) is 2.91. The Morgan fingerprint density at radius 2 is 2.00 bits per heavy atom. The van der Waals surface area contributed by atoms with E-state index < -0.39 is 0 Å². The highest BCUT2D eigenvalue weighted by molar-refractivity contribution is 6.00. The molecule has 0 spiro atoms. The number of hydrogen-bond acceptors (Lipinski definition) is 3. The van der Waals surface area contributed by atoms with Crippen LogP contribution in [0.25, 0.3) is 11.0 Å². The first-order valence-electron chi connectivity index (χ1n) is 4.94. The highest BCUT2D eigenvalue weighted by atomic mass is 16.1. The molecule has 0 aliphatic heterocycles. The van der Waals surface area contributed by atoms with Crippen LogP contribution in [0.4, 0.5) is 5.69 Å². The first-order chi connectivity index (χ1) is 7.79. The Morgan fingerprint density at radius 3 is 2.75 bits per heavy atom. The molecule has 4 heteroatoms. The van der Waals surface area contributed by atoms with E-state index >= 15 is 0 Å². The molecule has 0 fully saturated rings.